The fourth-order valence-electron chi connectivity index (χ4n) is 12.1. The Labute approximate surface area is 339 Å². The summed E-state index contributed by atoms with van der Waals surface area (Å²) in [7, 11) is 10.1. The number of hydrogen-bond acceptors (Lipinski definition) is 10. The molecular weight excluding hydrogens is 711 g/mol. The van der Waals surface area contributed by atoms with Crippen molar-refractivity contribution in [2.75, 3.05) is 61.6 Å². The molecule has 5 aliphatic rings. The van der Waals surface area contributed by atoms with Gasteiger partial charge in [0.25, 0.3) is 0 Å². The predicted octanol–water partition coefficient (Wildman–Crippen LogP) is 4.06. The van der Waals surface area contributed by atoms with Gasteiger partial charge in [0.05, 0.1) is 31.0 Å². The van der Waals surface area contributed by atoms with E-state index < -0.39 is 29.7 Å². The molecule has 0 aromatic carbocycles. The summed E-state index contributed by atoms with van der Waals surface area (Å²) in [6.45, 7) is 6.89. The number of likely N-dealkylation sites (N-methyl/N-ethyl adjacent to an activating group) is 1. The molecule has 5 rings (SSSR count). The highest BCUT2D eigenvalue weighted by Gasteiger charge is 2.52. The van der Waals surface area contributed by atoms with Gasteiger partial charge in [0.15, 0.2) is 0 Å². The molecule has 1 heterocycles. The van der Waals surface area contributed by atoms with Crippen LogP contribution in [-0.2, 0) is 19.2 Å². The number of hydrogen-bond donors (Lipinski definition) is 5. The number of amides is 2. The van der Waals surface area contributed by atoms with E-state index in [4.69, 9.17) is 9.57 Å². The van der Waals surface area contributed by atoms with Crippen molar-refractivity contribution >= 4 is 11.8 Å². The van der Waals surface area contributed by atoms with Crippen LogP contribution in [0.5, 0.6) is 0 Å². The summed E-state index contributed by atoms with van der Waals surface area (Å²) in [5.74, 6) is 1.15. The van der Waals surface area contributed by atoms with Crippen LogP contribution >= 0.6 is 0 Å². The van der Waals surface area contributed by atoms with Gasteiger partial charge >= 0.3 is 0 Å². The Bertz CT molecular complexity index is 1230. The van der Waals surface area contributed by atoms with Crippen molar-refractivity contribution in [3.05, 3.63) is 0 Å². The van der Waals surface area contributed by atoms with Gasteiger partial charge in [0.1, 0.15) is 12.1 Å². The van der Waals surface area contributed by atoms with E-state index in [1.165, 1.54) is 25.7 Å². The van der Waals surface area contributed by atoms with Gasteiger partial charge < -0.3 is 40.5 Å². The minimum absolute atomic E-state index is 0.0646. The maximum atomic E-state index is 14.5. The molecule has 324 valence electrons. The normalized spacial score (nSPS) is 38.0. The number of nitrogens with one attached hydrogen (secondary N) is 2. The van der Waals surface area contributed by atoms with Crippen LogP contribution in [0.15, 0.2) is 0 Å². The van der Waals surface area contributed by atoms with Crippen LogP contribution in [-0.4, -0.2) is 146 Å². The first-order valence-corrected chi connectivity index (χ1v) is 22.5. The molecule has 12 heteroatoms. The van der Waals surface area contributed by atoms with E-state index in [0.29, 0.717) is 30.8 Å². The topological polar surface area (TPSA) is 147 Å². The fraction of sp³-hybridized carbons (Fsp3) is 0.955. The molecular formula is C44H81N5O7. The lowest BCUT2D eigenvalue weighted by molar-refractivity contribution is -0.192. The summed E-state index contributed by atoms with van der Waals surface area (Å²) in [6.07, 6.45) is 13.9. The Morgan fingerprint density at radius 2 is 1.64 bits per heavy atom. The van der Waals surface area contributed by atoms with E-state index in [2.05, 4.69) is 48.4 Å². The molecule has 4 aliphatic carbocycles. The minimum Gasteiger partial charge on any atom is -0.394 e. The van der Waals surface area contributed by atoms with Crippen LogP contribution in [0.2, 0.25) is 0 Å². The van der Waals surface area contributed by atoms with Crippen LogP contribution in [0.25, 0.3) is 0 Å². The molecule has 56 heavy (non-hydrogen) atoms. The number of ether oxygens (including phenoxy) is 1. The smallest absolute Gasteiger partial charge is 0.240 e. The second-order valence-corrected chi connectivity index (χ2v) is 19.8. The zero-order chi connectivity index (χ0) is 40.7. The number of nitrogens with zero attached hydrogens (tertiary/aromatic N) is 3. The lowest BCUT2D eigenvalue weighted by atomic mass is 9.65. The van der Waals surface area contributed by atoms with Crippen molar-refractivity contribution in [1.29, 1.82) is 0 Å². The van der Waals surface area contributed by atoms with Crippen molar-refractivity contribution in [3.8, 4) is 0 Å². The van der Waals surface area contributed by atoms with Crippen molar-refractivity contribution in [2.24, 2.45) is 47.3 Å². The molecule has 0 bridgehead atoms. The van der Waals surface area contributed by atoms with E-state index >= 15 is 0 Å². The van der Waals surface area contributed by atoms with E-state index in [-0.39, 0.29) is 66.9 Å². The van der Waals surface area contributed by atoms with Gasteiger partial charge in [-0.2, -0.15) is 5.06 Å². The van der Waals surface area contributed by atoms with E-state index in [0.717, 1.165) is 70.6 Å². The molecule has 12 nitrogen and oxygen atoms in total. The number of methoxy groups -OCH3 is 1. The van der Waals surface area contributed by atoms with Gasteiger partial charge in [-0.05, 0) is 110 Å². The highest BCUT2D eigenvalue weighted by Crippen LogP contribution is 2.46. The summed E-state index contributed by atoms with van der Waals surface area (Å²) in [6, 6.07) is -0.409. The quantitative estimate of drug-likeness (QED) is 0.155. The number of hydroxylamine groups is 2. The molecule has 5 N–H and O–H groups in total. The molecule has 0 radical (unpaired) electrons. The molecule has 1 saturated heterocycles. The Morgan fingerprint density at radius 3 is 2.27 bits per heavy atom. The molecule has 0 aromatic heterocycles. The lowest BCUT2D eigenvalue weighted by Gasteiger charge is -2.47. The molecule has 0 spiro atoms. The van der Waals surface area contributed by atoms with Crippen molar-refractivity contribution in [3.63, 3.8) is 0 Å². The van der Waals surface area contributed by atoms with Crippen LogP contribution in [0, 0.1) is 47.3 Å². The monoisotopic (exact) mass is 792 g/mol. The van der Waals surface area contributed by atoms with Crippen LogP contribution in [0.1, 0.15) is 117 Å². The summed E-state index contributed by atoms with van der Waals surface area (Å²) in [5.41, 5.74) is -0.670. The van der Waals surface area contributed by atoms with Gasteiger partial charge in [-0.25, -0.2) is 0 Å². The molecule has 4 saturated carbocycles. The summed E-state index contributed by atoms with van der Waals surface area (Å²) in [4.78, 5) is 39.5. The lowest BCUT2D eigenvalue weighted by Crippen LogP contribution is -2.60. The van der Waals surface area contributed by atoms with Crippen molar-refractivity contribution < 1.29 is 34.5 Å². The molecule has 5 fully saturated rings. The van der Waals surface area contributed by atoms with Crippen LogP contribution in [0.4, 0.5) is 0 Å². The first-order valence-electron chi connectivity index (χ1n) is 22.5. The number of aliphatic hydroxyl groups excluding tert-OH is 3. The third-order valence-electron chi connectivity index (χ3n) is 15.2. The first kappa shape index (κ1) is 45.7. The van der Waals surface area contributed by atoms with Gasteiger partial charge in [-0.1, -0.05) is 65.2 Å². The second-order valence-electron chi connectivity index (χ2n) is 19.8. The minimum atomic E-state index is -0.842. The van der Waals surface area contributed by atoms with Gasteiger partial charge in [-0.3, -0.25) is 14.4 Å². The van der Waals surface area contributed by atoms with Crippen molar-refractivity contribution in [2.45, 2.75) is 159 Å². The van der Waals surface area contributed by atoms with Gasteiger partial charge in [-0.15, -0.1) is 0 Å². The molecule has 7 unspecified atom stereocenters. The summed E-state index contributed by atoms with van der Waals surface area (Å²) >= 11 is 0. The van der Waals surface area contributed by atoms with Crippen LogP contribution < -0.4 is 10.6 Å². The van der Waals surface area contributed by atoms with Crippen molar-refractivity contribution in [1.82, 2.24) is 25.5 Å². The average molecular weight is 792 g/mol. The molecule has 1 aliphatic heterocycles. The largest absolute Gasteiger partial charge is 0.394 e. The summed E-state index contributed by atoms with van der Waals surface area (Å²) < 4.78 is 6.43. The Balaban J connectivity index is 1.33. The predicted molar refractivity (Wildman–Crippen MR) is 219 cm³/mol. The average Bonchev–Trinajstić information content (AvgIpc) is 3.55. The Hall–Kier alpha value is -1.38. The maximum Gasteiger partial charge on any atom is 0.240 e. The second kappa shape index (κ2) is 20.7. The van der Waals surface area contributed by atoms with Crippen LogP contribution in [0.3, 0.4) is 0 Å². The number of aliphatic hydroxyl groups is 3. The van der Waals surface area contributed by atoms with E-state index in [1.807, 2.05) is 14.1 Å². The maximum absolute atomic E-state index is 14.5. The third-order valence-corrected chi connectivity index (χ3v) is 15.2. The zero-order valence-electron chi connectivity index (χ0n) is 36.3. The SMILES string of the molecule is COC1C(CN2O[C@@H](CO)[C@@H]([C@H](C)O)[C@H]2C(=O)N[C@H]2CCC[C@H](C)[C@@H]2C)CCCC1C1CC(C(=O)NC(CO)(CC2CCCCC2)CN(C)C)CC(N(C)C)C1. The fourth-order valence-corrected chi connectivity index (χ4v) is 12.1. The standard InChI is InChI=1S/C44H81N5O7/c1-28-14-12-19-37(29(28)2)45-43(54)40-39(30(3)52)38(25-50)56-49(40)24-32-17-13-18-36(41(32)55-8)33-20-34(22-35(21-33)48(6)7)42(53)46-44(27-51,26-47(4)5)23-31-15-10-9-11-16-31/h28-41,50-52H,9-27H2,1-8H3,(H,45,54)(H,46,53)/t28-,29-,30-,32?,33?,34?,35?,36?,37-,38-,39+,40-,41?,44?/m0/s1. The Morgan fingerprint density at radius 1 is 0.929 bits per heavy atom. The highest BCUT2D eigenvalue weighted by atomic mass is 16.7. The van der Waals surface area contributed by atoms with E-state index in [1.54, 1.807) is 19.1 Å². The Kier molecular flexibility index (Phi) is 16.9. The number of carbonyl (C=O) groups excluding carboxylic acids is 2. The van der Waals surface area contributed by atoms with E-state index in [9.17, 15) is 24.9 Å². The zero-order valence-corrected chi connectivity index (χ0v) is 36.3. The van der Waals surface area contributed by atoms with Gasteiger partial charge in [0.2, 0.25) is 11.8 Å². The highest BCUT2D eigenvalue weighted by molar-refractivity contribution is 5.83. The molecule has 0 aromatic rings. The first-order chi connectivity index (χ1) is 26.7. The van der Waals surface area contributed by atoms with Gasteiger partial charge in [0, 0.05) is 50.0 Å². The molecule has 14 atom stereocenters. The molecule has 2 amide bonds. The number of carbonyl (C=O) groups is 2. The third kappa shape index (κ3) is 11.1. The number of rotatable bonds is 16. The summed E-state index contributed by atoms with van der Waals surface area (Å²) in [5, 5.41) is 40.9.